The number of sulfonamides is 1. The largest absolute Gasteiger partial charge is 0.343 e. The molecule has 4 saturated carbocycles. The zero-order valence-corrected chi connectivity index (χ0v) is 37.6. The van der Waals surface area contributed by atoms with Crippen molar-refractivity contribution in [3.63, 3.8) is 0 Å². The van der Waals surface area contributed by atoms with Gasteiger partial charge in [-0.2, -0.15) is 0 Å². The molecule has 1 aromatic rings. The first-order valence-electron chi connectivity index (χ1n) is 22.4. The monoisotopic (exact) mass is 848 g/mol. The van der Waals surface area contributed by atoms with Crippen molar-refractivity contribution in [2.24, 2.45) is 33.5 Å². The van der Waals surface area contributed by atoms with Crippen molar-refractivity contribution < 1.29 is 32.4 Å². The maximum absolute atomic E-state index is 15.3. The highest BCUT2D eigenvalue weighted by Crippen LogP contribution is 2.88. The van der Waals surface area contributed by atoms with Gasteiger partial charge in [0.25, 0.3) is 15.9 Å². The second-order valence-electron chi connectivity index (χ2n) is 20.8. The molecule has 5 amide bonds. The average molecular weight is 849 g/mol. The maximum Gasteiger partial charge on any atom is 0.264 e. The lowest BCUT2D eigenvalue weighted by Crippen LogP contribution is -2.63. The van der Waals surface area contributed by atoms with Crippen molar-refractivity contribution in [2.75, 3.05) is 13.1 Å². The van der Waals surface area contributed by atoms with E-state index in [-0.39, 0.29) is 57.4 Å². The lowest BCUT2D eigenvalue weighted by atomic mass is 9.73. The Morgan fingerprint density at radius 1 is 0.850 bits per heavy atom. The van der Waals surface area contributed by atoms with E-state index < -0.39 is 62.7 Å². The van der Waals surface area contributed by atoms with Crippen LogP contribution < -0.4 is 20.7 Å². The van der Waals surface area contributed by atoms with Crippen molar-refractivity contribution in [3.8, 4) is 0 Å². The summed E-state index contributed by atoms with van der Waals surface area (Å²) in [4.78, 5) is 76.3. The quantitative estimate of drug-likeness (QED) is 0.205. The highest BCUT2D eigenvalue weighted by molar-refractivity contribution is 7.90. The molecule has 2 aliphatic heterocycles. The molecule has 0 bridgehead atoms. The molecule has 0 aromatic heterocycles. The van der Waals surface area contributed by atoms with Crippen LogP contribution in [0.5, 0.6) is 0 Å². The summed E-state index contributed by atoms with van der Waals surface area (Å²) in [5.74, 6) is -2.92. The Morgan fingerprint density at radius 3 is 2.07 bits per heavy atom. The Morgan fingerprint density at radius 2 is 1.52 bits per heavy atom. The van der Waals surface area contributed by atoms with Gasteiger partial charge in [0.2, 0.25) is 23.6 Å². The number of rotatable bonds is 13. The van der Waals surface area contributed by atoms with Crippen molar-refractivity contribution in [1.82, 2.24) is 30.5 Å². The number of amides is 5. The van der Waals surface area contributed by atoms with Gasteiger partial charge < -0.3 is 20.9 Å². The Labute approximate surface area is 357 Å². The van der Waals surface area contributed by atoms with E-state index in [0.717, 1.165) is 70.8 Å². The fraction of sp³-hybridized carbons (Fsp3) is 0.717. The minimum atomic E-state index is -4.24. The normalized spacial score (nSPS) is 30.6. The molecule has 0 radical (unpaired) electrons. The summed E-state index contributed by atoms with van der Waals surface area (Å²) in [7, 11) is -4.24. The maximum atomic E-state index is 15.3. The molecule has 14 heteroatoms. The van der Waals surface area contributed by atoms with E-state index in [4.69, 9.17) is 0 Å². The SMILES string of the molecule is C=C[C@@H]1C[C@]1(NC(=O)[C@@H]1C[C@@]2(CN1C(=O)[C@@H](NC(=O)[C@@H](NC(=O)[C@@H]1CCCN1C(C)C)C1CCCCC1)C(C)(C)C)C(C)(C)C21CCC1)C(=O)NS(=O)(=O)c1ccccc1. The molecule has 7 atom stereocenters. The van der Waals surface area contributed by atoms with Crippen LogP contribution in [-0.4, -0.2) is 96.6 Å². The van der Waals surface area contributed by atoms with Crippen molar-refractivity contribution in [1.29, 1.82) is 0 Å². The van der Waals surface area contributed by atoms with Gasteiger partial charge in [0, 0.05) is 23.9 Å². The van der Waals surface area contributed by atoms with Crippen LogP contribution in [0.4, 0.5) is 0 Å². The van der Waals surface area contributed by atoms with Crippen LogP contribution in [0, 0.1) is 33.5 Å². The molecule has 0 unspecified atom stereocenters. The van der Waals surface area contributed by atoms with E-state index in [1.54, 1.807) is 29.2 Å². The minimum Gasteiger partial charge on any atom is -0.343 e. The van der Waals surface area contributed by atoms with Gasteiger partial charge in [0.15, 0.2) is 0 Å². The number of carbonyl (C=O) groups is 5. The Hall–Kier alpha value is -3.78. The van der Waals surface area contributed by atoms with Gasteiger partial charge in [0.05, 0.1) is 10.9 Å². The third-order valence-electron chi connectivity index (χ3n) is 16.1. The molecule has 60 heavy (non-hydrogen) atoms. The predicted octanol–water partition coefficient (Wildman–Crippen LogP) is 4.82. The van der Waals surface area contributed by atoms with Crippen LogP contribution in [0.1, 0.15) is 126 Å². The highest BCUT2D eigenvalue weighted by atomic mass is 32.2. The Kier molecular flexibility index (Phi) is 11.7. The summed E-state index contributed by atoms with van der Waals surface area (Å²) in [5, 5.41) is 9.26. The fourth-order valence-corrected chi connectivity index (χ4v) is 13.2. The van der Waals surface area contributed by atoms with Gasteiger partial charge in [-0.05, 0) is 106 Å². The summed E-state index contributed by atoms with van der Waals surface area (Å²) in [6, 6.07) is 4.62. The summed E-state index contributed by atoms with van der Waals surface area (Å²) in [6.07, 6.45) is 11.4. The van der Waals surface area contributed by atoms with Crippen LogP contribution in [-0.2, 0) is 34.0 Å². The van der Waals surface area contributed by atoms with E-state index in [1.165, 1.54) is 12.1 Å². The van der Waals surface area contributed by atoms with Gasteiger partial charge in [-0.3, -0.25) is 28.9 Å². The fourth-order valence-electron chi connectivity index (χ4n) is 12.1. The highest BCUT2D eigenvalue weighted by Gasteiger charge is 2.85. The average Bonchev–Trinajstić information content (AvgIpc) is 3.68. The molecule has 13 nitrogen and oxygen atoms in total. The third-order valence-corrected chi connectivity index (χ3v) is 17.4. The van der Waals surface area contributed by atoms with Gasteiger partial charge >= 0.3 is 0 Å². The standard InChI is InChI=1S/C46H68N6O7S/c1-9-31-26-46(31,41(57)50-60(58,59)32-20-14-11-15-21-32)49-38(54)34-27-45(43(7,8)44(45)23-17-24-44)28-52(34)40(56)36(42(4,5)6)48-39(55)35(30-18-12-10-13-19-30)47-37(53)33-22-16-25-51(33)29(2)3/h9,11,14-15,20-21,29-31,33-36H,1,10,12-13,16-19,22-28H2,2-8H3,(H,47,53)(H,48,55)(H,49,54)(H,50,57)/t31-,33+,34+,35+,36-,45-,46-/m1/s1. The second kappa shape index (κ2) is 15.8. The number of benzene rings is 1. The molecular weight excluding hydrogens is 781 g/mol. The zero-order chi connectivity index (χ0) is 43.6. The first kappa shape index (κ1) is 44.3. The molecule has 7 rings (SSSR count). The lowest BCUT2D eigenvalue weighted by Gasteiger charge is -2.38. The van der Waals surface area contributed by atoms with Crippen LogP contribution >= 0.6 is 0 Å². The smallest absolute Gasteiger partial charge is 0.264 e. The van der Waals surface area contributed by atoms with Gasteiger partial charge in [0.1, 0.15) is 23.7 Å². The van der Waals surface area contributed by atoms with E-state index in [1.807, 2.05) is 20.8 Å². The Balaban J connectivity index is 1.16. The summed E-state index contributed by atoms with van der Waals surface area (Å²) >= 11 is 0. The molecule has 4 aliphatic carbocycles. The van der Waals surface area contributed by atoms with Gasteiger partial charge in [-0.1, -0.05) is 84.6 Å². The first-order chi connectivity index (χ1) is 28.2. The van der Waals surface area contributed by atoms with Gasteiger partial charge in [-0.15, -0.1) is 6.58 Å². The summed E-state index contributed by atoms with van der Waals surface area (Å²) in [6.45, 7) is 19.3. The summed E-state index contributed by atoms with van der Waals surface area (Å²) < 4.78 is 28.7. The van der Waals surface area contributed by atoms with Crippen molar-refractivity contribution in [3.05, 3.63) is 43.0 Å². The number of carbonyl (C=O) groups excluding carboxylic acids is 5. The van der Waals surface area contributed by atoms with E-state index in [0.29, 0.717) is 13.0 Å². The van der Waals surface area contributed by atoms with Crippen LogP contribution in [0.2, 0.25) is 0 Å². The molecule has 6 aliphatic rings. The van der Waals surface area contributed by atoms with E-state index in [9.17, 15) is 27.6 Å². The molecule has 330 valence electrons. The van der Waals surface area contributed by atoms with Crippen LogP contribution in [0.25, 0.3) is 0 Å². The molecule has 6 fully saturated rings. The Bertz CT molecular complexity index is 1990. The number of nitrogens with one attached hydrogen (secondary N) is 4. The van der Waals surface area contributed by atoms with E-state index in [2.05, 4.69) is 59.8 Å². The van der Waals surface area contributed by atoms with Gasteiger partial charge in [-0.25, -0.2) is 13.1 Å². The topological polar surface area (TPSA) is 174 Å². The number of likely N-dealkylation sites (tertiary alicyclic amines) is 2. The number of hydrogen-bond donors (Lipinski definition) is 4. The second-order valence-corrected chi connectivity index (χ2v) is 22.4. The molecule has 2 spiro atoms. The first-order valence-corrected chi connectivity index (χ1v) is 23.9. The van der Waals surface area contributed by atoms with Crippen molar-refractivity contribution >= 4 is 39.6 Å². The molecule has 2 saturated heterocycles. The van der Waals surface area contributed by atoms with E-state index >= 15 is 4.79 Å². The molecular formula is C46H68N6O7S. The molecule has 4 N–H and O–H groups in total. The number of nitrogens with zero attached hydrogens (tertiary/aromatic N) is 2. The molecule has 1 aromatic carbocycles. The van der Waals surface area contributed by atoms with Crippen LogP contribution in [0.15, 0.2) is 47.9 Å². The summed E-state index contributed by atoms with van der Waals surface area (Å²) in [5.41, 5.74) is -2.88. The third kappa shape index (κ3) is 7.38. The van der Waals surface area contributed by atoms with Crippen LogP contribution in [0.3, 0.4) is 0 Å². The number of hydrogen-bond acceptors (Lipinski definition) is 8. The minimum absolute atomic E-state index is 0.0312. The molecule has 2 heterocycles. The van der Waals surface area contributed by atoms with Crippen molar-refractivity contribution in [2.45, 2.75) is 166 Å². The lowest BCUT2D eigenvalue weighted by molar-refractivity contribution is -0.145. The number of fused-ring (bicyclic) bond motifs is 1. The zero-order valence-electron chi connectivity index (χ0n) is 36.8. The predicted molar refractivity (Wildman–Crippen MR) is 228 cm³/mol.